The van der Waals surface area contributed by atoms with Crippen molar-refractivity contribution >= 4 is 14.1 Å². The fourth-order valence-corrected chi connectivity index (χ4v) is 3.19. The molecule has 116 valence electrons. The Kier molecular flexibility index (Phi) is 6.27. The highest BCUT2D eigenvalue weighted by Crippen LogP contribution is 2.24. The zero-order valence-electron chi connectivity index (χ0n) is 12.2. The lowest BCUT2D eigenvalue weighted by atomic mass is 9.98. The van der Waals surface area contributed by atoms with E-state index < -0.39 is 14.2 Å². The second kappa shape index (κ2) is 8.20. The van der Waals surface area contributed by atoms with E-state index in [9.17, 15) is 9.36 Å². The van der Waals surface area contributed by atoms with Crippen molar-refractivity contribution in [3.63, 3.8) is 0 Å². The summed E-state index contributed by atoms with van der Waals surface area (Å²) >= 11 is 0. The minimum Gasteiger partial charge on any atom is -0.461 e. The molecule has 0 radical (unpaired) electrons. The number of carbonyl (C=O) groups excluding carboxylic acids is 1. The molecule has 0 spiro atoms. The molecule has 2 atom stereocenters. The number of carbonyl (C=O) groups is 1. The van der Waals surface area contributed by atoms with Crippen molar-refractivity contribution in [1.29, 1.82) is 0 Å². The second-order valence-electron chi connectivity index (χ2n) is 5.27. The van der Waals surface area contributed by atoms with Crippen molar-refractivity contribution in [1.82, 2.24) is 5.09 Å². The number of esters is 1. The van der Waals surface area contributed by atoms with Gasteiger partial charge in [0.05, 0.1) is 0 Å². The van der Waals surface area contributed by atoms with E-state index in [-0.39, 0.29) is 12.1 Å². The predicted octanol–water partition coefficient (Wildman–Crippen LogP) is 3.31. The third-order valence-electron chi connectivity index (χ3n) is 3.48. The highest BCUT2D eigenvalue weighted by Gasteiger charge is 2.22. The van der Waals surface area contributed by atoms with Crippen LogP contribution in [0.1, 0.15) is 39.0 Å². The van der Waals surface area contributed by atoms with E-state index >= 15 is 0 Å². The van der Waals surface area contributed by atoms with E-state index in [0.29, 0.717) is 5.75 Å². The first kappa shape index (κ1) is 16.1. The summed E-state index contributed by atoms with van der Waals surface area (Å²) < 4.78 is 22.5. The van der Waals surface area contributed by atoms with Crippen molar-refractivity contribution in [2.45, 2.75) is 51.2 Å². The minimum atomic E-state index is -2.53. The molecular formula is C15H22NO4P. The van der Waals surface area contributed by atoms with E-state index in [1.807, 2.05) is 6.07 Å². The molecule has 2 unspecified atom stereocenters. The molecule has 1 fully saturated rings. The topological polar surface area (TPSA) is 64.6 Å². The number of nitrogens with one attached hydrogen (secondary N) is 1. The molecule has 1 aromatic rings. The quantitative estimate of drug-likeness (QED) is 0.645. The number of rotatable bonds is 6. The van der Waals surface area contributed by atoms with Crippen molar-refractivity contribution < 1.29 is 18.6 Å². The number of benzene rings is 1. The average molecular weight is 311 g/mol. The van der Waals surface area contributed by atoms with Crippen LogP contribution < -0.4 is 9.61 Å². The number of ether oxygens (including phenoxy) is 1. The summed E-state index contributed by atoms with van der Waals surface area (Å²) in [5, 5.41) is 2.67. The second-order valence-corrected chi connectivity index (χ2v) is 6.33. The highest BCUT2D eigenvalue weighted by molar-refractivity contribution is 7.37. The van der Waals surface area contributed by atoms with Crippen molar-refractivity contribution in [2.24, 2.45) is 0 Å². The van der Waals surface area contributed by atoms with Gasteiger partial charge in [0.15, 0.2) is 0 Å². The number of para-hydroxylation sites is 1. The van der Waals surface area contributed by atoms with Crippen LogP contribution in [0.2, 0.25) is 0 Å². The summed E-state index contributed by atoms with van der Waals surface area (Å²) in [4.78, 5) is 11.9. The van der Waals surface area contributed by atoms with E-state index in [4.69, 9.17) is 9.26 Å². The summed E-state index contributed by atoms with van der Waals surface area (Å²) in [6.45, 7) is 1.64. The van der Waals surface area contributed by atoms with Crippen LogP contribution in [0.25, 0.3) is 0 Å². The molecule has 6 heteroatoms. The van der Waals surface area contributed by atoms with Gasteiger partial charge in [-0.3, -0.25) is 9.36 Å². The lowest BCUT2D eigenvalue weighted by Crippen LogP contribution is -2.34. The first-order valence-corrected chi connectivity index (χ1v) is 8.70. The maximum Gasteiger partial charge on any atom is 0.323 e. The van der Waals surface area contributed by atoms with Gasteiger partial charge in [0.1, 0.15) is 17.9 Å². The van der Waals surface area contributed by atoms with Gasteiger partial charge in [0.25, 0.3) is 0 Å². The van der Waals surface area contributed by atoms with Crippen molar-refractivity contribution in [2.75, 3.05) is 0 Å². The van der Waals surface area contributed by atoms with E-state index in [0.717, 1.165) is 25.7 Å². The van der Waals surface area contributed by atoms with Gasteiger partial charge in [-0.15, -0.1) is 0 Å². The molecular weight excluding hydrogens is 289 g/mol. The van der Waals surface area contributed by atoms with Gasteiger partial charge in [-0.05, 0) is 44.7 Å². The minimum absolute atomic E-state index is 0.00728. The molecule has 1 aliphatic rings. The van der Waals surface area contributed by atoms with Gasteiger partial charge in [0.2, 0.25) is 0 Å². The Morgan fingerprint density at radius 1 is 1.24 bits per heavy atom. The van der Waals surface area contributed by atoms with Gasteiger partial charge in [-0.1, -0.05) is 24.6 Å². The van der Waals surface area contributed by atoms with Crippen LogP contribution >= 0.6 is 8.18 Å². The van der Waals surface area contributed by atoms with Crippen LogP contribution in [-0.4, -0.2) is 18.1 Å². The van der Waals surface area contributed by atoms with Gasteiger partial charge >= 0.3 is 14.1 Å². The molecule has 0 aliphatic heterocycles. The summed E-state index contributed by atoms with van der Waals surface area (Å²) in [6, 6.07) is 8.24. The molecule has 5 nitrogen and oxygen atoms in total. The molecule has 0 bridgehead atoms. The van der Waals surface area contributed by atoms with Gasteiger partial charge in [0, 0.05) is 0 Å². The standard InChI is InChI=1S/C15H22NO4P/c1-12(15(17)19-13-8-4-2-5-9-13)16-21(18)20-14-10-6-3-7-11-14/h3,6-7,10-13,21H,2,4-5,8-9H2,1H3,(H,16,18). The Labute approximate surface area is 125 Å². The van der Waals surface area contributed by atoms with Gasteiger partial charge < -0.3 is 9.26 Å². The average Bonchev–Trinajstić information content (AvgIpc) is 2.49. The SMILES string of the molecule is CC(N[PH](=O)Oc1ccccc1)C(=O)OC1CCCCC1. The van der Waals surface area contributed by atoms with Crippen LogP contribution in [0.15, 0.2) is 30.3 Å². The summed E-state index contributed by atoms with van der Waals surface area (Å²) in [6.07, 6.45) is 5.27. The first-order chi connectivity index (χ1) is 10.1. The Hall–Kier alpha value is -1.32. The third kappa shape index (κ3) is 5.52. The fourth-order valence-electron chi connectivity index (χ4n) is 2.31. The molecule has 0 heterocycles. The molecule has 1 aromatic carbocycles. The lowest BCUT2D eigenvalue weighted by molar-refractivity contribution is -0.152. The van der Waals surface area contributed by atoms with Crippen LogP contribution in [0.5, 0.6) is 5.75 Å². The third-order valence-corrected chi connectivity index (χ3v) is 4.57. The van der Waals surface area contributed by atoms with Crippen molar-refractivity contribution in [3.05, 3.63) is 30.3 Å². The smallest absolute Gasteiger partial charge is 0.323 e. The molecule has 21 heavy (non-hydrogen) atoms. The monoisotopic (exact) mass is 311 g/mol. The molecule has 1 saturated carbocycles. The maximum atomic E-state index is 11.9. The van der Waals surface area contributed by atoms with Gasteiger partial charge in [-0.2, -0.15) is 0 Å². The molecule has 2 rings (SSSR count). The lowest BCUT2D eigenvalue weighted by Gasteiger charge is -2.23. The summed E-state index contributed by atoms with van der Waals surface area (Å²) in [7, 11) is -2.53. The molecule has 1 aliphatic carbocycles. The molecule has 0 saturated heterocycles. The van der Waals surface area contributed by atoms with Gasteiger partial charge in [-0.25, -0.2) is 5.09 Å². The number of hydrogen-bond acceptors (Lipinski definition) is 4. The first-order valence-electron chi connectivity index (χ1n) is 7.39. The van der Waals surface area contributed by atoms with E-state index in [1.165, 1.54) is 6.42 Å². The molecule has 1 N–H and O–H groups in total. The maximum absolute atomic E-state index is 11.9. The molecule has 0 aromatic heterocycles. The van der Waals surface area contributed by atoms with Crippen LogP contribution in [0, 0.1) is 0 Å². The Morgan fingerprint density at radius 3 is 2.57 bits per heavy atom. The van der Waals surface area contributed by atoms with Crippen LogP contribution in [0.4, 0.5) is 0 Å². The largest absolute Gasteiger partial charge is 0.461 e. The Bertz CT molecular complexity index is 474. The Balaban J connectivity index is 1.75. The predicted molar refractivity (Wildman–Crippen MR) is 81.6 cm³/mol. The van der Waals surface area contributed by atoms with E-state index in [1.54, 1.807) is 31.2 Å². The zero-order valence-corrected chi connectivity index (χ0v) is 13.2. The number of hydrogen-bond donors (Lipinski definition) is 1. The highest BCUT2D eigenvalue weighted by atomic mass is 31.1. The van der Waals surface area contributed by atoms with Crippen LogP contribution in [0.3, 0.4) is 0 Å². The zero-order chi connectivity index (χ0) is 15.1. The van der Waals surface area contributed by atoms with Crippen molar-refractivity contribution in [3.8, 4) is 5.75 Å². The summed E-state index contributed by atoms with van der Waals surface area (Å²) in [5.74, 6) is 0.152. The van der Waals surface area contributed by atoms with E-state index in [2.05, 4.69) is 5.09 Å². The Morgan fingerprint density at radius 2 is 1.90 bits per heavy atom. The summed E-state index contributed by atoms with van der Waals surface area (Å²) in [5.41, 5.74) is 0. The molecule has 0 amide bonds. The normalized spacial score (nSPS) is 18.7. The van der Waals surface area contributed by atoms with Crippen LogP contribution in [-0.2, 0) is 14.1 Å². The fraction of sp³-hybridized carbons (Fsp3) is 0.533.